The molecule has 20 heavy (non-hydrogen) atoms. The van der Waals surface area contributed by atoms with E-state index in [1.165, 1.54) is 0 Å². The molecular formula is C12H18N4O4. The van der Waals surface area contributed by atoms with Crippen LogP contribution in [0.2, 0.25) is 0 Å². The van der Waals surface area contributed by atoms with Gasteiger partial charge in [-0.3, -0.25) is 14.9 Å². The van der Waals surface area contributed by atoms with Crippen LogP contribution in [0.25, 0.3) is 0 Å². The third-order valence-electron chi connectivity index (χ3n) is 2.47. The molecule has 1 atom stereocenters. The van der Waals surface area contributed by atoms with Crippen LogP contribution in [-0.4, -0.2) is 38.6 Å². The van der Waals surface area contributed by atoms with E-state index >= 15 is 0 Å². The van der Waals surface area contributed by atoms with Crippen LogP contribution in [0, 0.1) is 0 Å². The first-order valence-corrected chi connectivity index (χ1v) is 6.25. The average molecular weight is 282 g/mol. The summed E-state index contributed by atoms with van der Waals surface area (Å²) in [6.07, 6.45) is 5.17. The van der Waals surface area contributed by atoms with Gasteiger partial charge in [0, 0.05) is 37.8 Å². The maximum absolute atomic E-state index is 11.5. The highest BCUT2D eigenvalue weighted by Crippen LogP contribution is 1.95. The molecule has 1 unspecified atom stereocenters. The molecule has 0 aliphatic heterocycles. The van der Waals surface area contributed by atoms with Crippen LogP contribution in [0.1, 0.15) is 26.2 Å². The first kappa shape index (κ1) is 15.7. The second-order valence-corrected chi connectivity index (χ2v) is 4.43. The number of aromatic nitrogens is 2. The van der Waals surface area contributed by atoms with Crippen molar-refractivity contribution in [3.05, 3.63) is 18.7 Å². The Hall–Kier alpha value is -2.38. The first-order chi connectivity index (χ1) is 9.47. The lowest BCUT2D eigenvalue weighted by atomic mass is 10.2. The molecule has 3 amide bonds. The van der Waals surface area contributed by atoms with Gasteiger partial charge in [0.15, 0.2) is 0 Å². The summed E-state index contributed by atoms with van der Waals surface area (Å²) in [6, 6.07) is -0.756. The Labute approximate surface area is 116 Å². The normalized spacial score (nSPS) is 11.7. The molecule has 0 aliphatic carbocycles. The maximum atomic E-state index is 11.5. The van der Waals surface area contributed by atoms with E-state index in [4.69, 9.17) is 5.11 Å². The van der Waals surface area contributed by atoms with Crippen LogP contribution in [0.4, 0.5) is 4.79 Å². The van der Waals surface area contributed by atoms with Gasteiger partial charge < -0.3 is 15.0 Å². The number of imidazole rings is 1. The number of carbonyl (C=O) groups is 3. The lowest BCUT2D eigenvalue weighted by molar-refractivity contribution is -0.137. The number of urea groups is 1. The first-order valence-electron chi connectivity index (χ1n) is 6.25. The Morgan fingerprint density at radius 3 is 2.70 bits per heavy atom. The van der Waals surface area contributed by atoms with Crippen molar-refractivity contribution in [3.63, 3.8) is 0 Å². The van der Waals surface area contributed by atoms with Crippen molar-refractivity contribution < 1.29 is 19.5 Å². The van der Waals surface area contributed by atoms with E-state index in [2.05, 4.69) is 15.6 Å². The van der Waals surface area contributed by atoms with Crippen LogP contribution in [-0.2, 0) is 16.1 Å². The Morgan fingerprint density at radius 1 is 1.35 bits per heavy atom. The minimum Gasteiger partial charge on any atom is -0.481 e. The largest absolute Gasteiger partial charge is 0.481 e. The van der Waals surface area contributed by atoms with Crippen molar-refractivity contribution in [2.75, 3.05) is 0 Å². The van der Waals surface area contributed by atoms with Crippen LogP contribution in [0.5, 0.6) is 0 Å². The molecule has 1 rings (SSSR count). The van der Waals surface area contributed by atoms with Gasteiger partial charge in [-0.1, -0.05) is 0 Å². The van der Waals surface area contributed by atoms with Crippen molar-refractivity contribution >= 4 is 17.9 Å². The summed E-state index contributed by atoms with van der Waals surface area (Å²) in [5, 5.41) is 13.2. The van der Waals surface area contributed by atoms with Gasteiger partial charge in [-0.05, 0) is 13.3 Å². The molecule has 0 fully saturated rings. The number of imide groups is 1. The Morgan fingerprint density at radius 2 is 2.10 bits per heavy atom. The van der Waals surface area contributed by atoms with Crippen molar-refractivity contribution in [3.8, 4) is 0 Å². The summed E-state index contributed by atoms with van der Waals surface area (Å²) in [5.74, 6) is -1.45. The molecular weight excluding hydrogens is 264 g/mol. The molecule has 110 valence electrons. The number of aliphatic carboxylic acids is 1. The summed E-state index contributed by atoms with van der Waals surface area (Å²) >= 11 is 0. The topological polar surface area (TPSA) is 113 Å². The van der Waals surface area contributed by atoms with Crippen molar-refractivity contribution in [2.24, 2.45) is 0 Å². The number of hydrogen-bond acceptors (Lipinski definition) is 4. The van der Waals surface area contributed by atoms with E-state index < -0.39 is 17.9 Å². The number of amides is 3. The zero-order chi connectivity index (χ0) is 15.0. The van der Waals surface area contributed by atoms with E-state index in [0.29, 0.717) is 6.54 Å². The smallest absolute Gasteiger partial charge is 0.321 e. The van der Waals surface area contributed by atoms with Gasteiger partial charge in [-0.15, -0.1) is 0 Å². The van der Waals surface area contributed by atoms with E-state index in [1.807, 2.05) is 0 Å². The average Bonchev–Trinajstić information content (AvgIpc) is 2.80. The molecule has 1 aromatic heterocycles. The zero-order valence-corrected chi connectivity index (χ0v) is 11.2. The number of carboxylic acids is 1. The molecule has 0 radical (unpaired) electrons. The van der Waals surface area contributed by atoms with E-state index in [0.717, 1.165) is 0 Å². The molecule has 0 saturated carbocycles. The van der Waals surface area contributed by atoms with Crippen LogP contribution >= 0.6 is 0 Å². The fourth-order valence-corrected chi connectivity index (χ4v) is 1.61. The Bertz CT molecular complexity index is 458. The minimum absolute atomic E-state index is 0.00955. The van der Waals surface area contributed by atoms with Gasteiger partial charge in [-0.25, -0.2) is 9.78 Å². The number of carboxylic acid groups (broad SMARTS) is 1. The molecule has 8 nitrogen and oxygen atoms in total. The van der Waals surface area contributed by atoms with Crippen molar-refractivity contribution in [1.82, 2.24) is 20.2 Å². The van der Waals surface area contributed by atoms with Gasteiger partial charge in [0.2, 0.25) is 5.91 Å². The number of nitrogens with zero attached hydrogens (tertiary/aromatic N) is 2. The molecule has 0 aromatic carbocycles. The maximum Gasteiger partial charge on any atom is 0.321 e. The number of hydrogen-bond donors (Lipinski definition) is 3. The summed E-state index contributed by atoms with van der Waals surface area (Å²) in [7, 11) is 0. The predicted octanol–water partition coefficient (Wildman–Crippen LogP) is 0.352. The third-order valence-corrected chi connectivity index (χ3v) is 2.47. The number of carbonyl (C=O) groups excluding carboxylic acids is 2. The molecule has 8 heteroatoms. The lowest BCUT2D eigenvalue weighted by Crippen LogP contribution is -2.44. The molecule has 0 bridgehead atoms. The SMILES string of the molecule is CC(Cn1ccnc1)NC(=O)NC(=O)CCCC(=O)O. The monoisotopic (exact) mass is 282 g/mol. The van der Waals surface area contributed by atoms with E-state index in [9.17, 15) is 14.4 Å². The molecule has 1 heterocycles. The number of nitrogens with one attached hydrogen (secondary N) is 2. The van der Waals surface area contributed by atoms with Crippen LogP contribution in [0.3, 0.4) is 0 Å². The minimum atomic E-state index is -0.962. The molecule has 0 aliphatic rings. The summed E-state index contributed by atoms with van der Waals surface area (Å²) in [4.78, 5) is 37.0. The highest BCUT2D eigenvalue weighted by atomic mass is 16.4. The highest BCUT2D eigenvalue weighted by molar-refractivity contribution is 5.94. The summed E-state index contributed by atoms with van der Waals surface area (Å²) in [5.41, 5.74) is 0. The summed E-state index contributed by atoms with van der Waals surface area (Å²) < 4.78 is 1.81. The van der Waals surface area contributed by atoms with Gasteiger partial charge in [0.05, 0.1) is 6.33 Å². The third kappa shape index (κ3) is 6.53. The second kappa shape index (κ2) is 7.93. The molecule has 1 aromatic rings. The van der Waals surface area contributed by atoms with Crippen molar-refractivity contribution in [2.45, 2.75) is 38.8 Å². The zero-order valence-electron chi connectivity index (χ0n) is 11.2. The second-order valence-electron chi connectivity index (χ2n) is 4.43. The van der Waals surface area contributed by atoms with Gasteiger partial charge in [-0.2, -0.15) is 0 Å². The summed E-state index contributed by atoms with van der Waals surface area (Å²) in [6.45, 7) is 2.34. The van der Waals surface area contributed by atoms with Gasteiger partial charge in [0.25, 0.3) is 0 Å². The fourth-order valence-electron chi connectivity index (χ4n) is 1.61. The Kier molecular flexibility index (Phi) is 6.21. The van der Waals surface area contributed by atoms with Gasteiger partial charge >= 0.3 is 12.0 Å². The van der Waals surface area contributed by atoms with Crippen LogP contribution in [0.15, 0.2) is 18.7 Å². The highest BCUT2D eigenvalue weighted by Gasteiger charge is 2.11. The Balaban J connectivity index is 2.21. The lowest BCUT2D eigenvalue weighted by Gasteiger charge is -2.14. The van der Waals surface area contributed by atoms with E-state index in [1.54, 1.807) is 30.2 Å². The van der Waals surface area contributed by atoms with Crippen LogP contribution < -0.4 is 10.6 Å². The molecule has 0 spiro atoms. The molecule has 0 saturated heterocycles. The predicted molar refractivity (Wildman–Crippen MR) is 69.9 cm³/mol. The number of rotatable bonds is 7. The molecule has 3 N–H and O–H groups in total. The quantitative estimate of drug-likeness (QED) is 0.668. The van der Waals surface area contributed by atoms with E-state index in [-0.39, 0.29) is 25.3 Å². The standard InChI is InChI=1S/C12H18N4O4/c1-9(7-16-6-5-13-8-16)14-12(20)15-10(17)3-2-4-11(18)19/h5-6,8-9H,2-4,7H2,1H3,(H,18,19)(H2,14,15,17,20). The van der Waals surface area contributed by atoms with Gasteiger partial charge in [0.1, 0.15) is 0 Å². The fraction of sp³-hybridized carbons (Fsp3) is 0.500. The van der Waals surface area contributed by atoms with Crippen molar-refractivity contribution in [1.29, 1.82) is 0 Å².